The molecular formula is C13H17BrN2O3. The van der Waals surface area contributed by atoms with Crippen LogP contribution in [0.25, 0.3) is 0 Å². The van der Waals surface area contributed by atoms with E-state index in [1.807, 2.05) is 13.2 Å². The summed E-state index contributed by atoms with van der Waals surface area (Å²) < 4.78 is 2.61. The van der Waals surface area contributed by atoms with Crippen molar-refractivity contribution in [3.8, 4) is 0 Å². The molecule has 0 bridgehead atoms. The maximum atomic E-state index is 12.5. The topological polar surface area (TPSA) is 62.5 Å². The number of aromatic nitrogens is 1. The molecule has 1 N–H and O–H groups in total. The van der Waals surface area contributed by atoms with Gasteiger partial charge in [-0.25, -0.2) is 0 Å². The summed E-state index contributed by atoms with van der Waals surface area (Å²) in [4.78, 5) is 25.1. The molecule has 1 saturated heterocycles. The van der Waals surface area contributed by atoms with E-state index in [0.717, 1.165) is 23.7 Å². The van der Waals surface area contributed by atoms with Gasteiger partial charge in [-0.1, -0.05) is 0 Å². The fourth-order valence-electron chi connectivity index (χ4n) is 2.57. The standard InChI is InChI=1S/C13H17BrN2O3/c1-15-8-9(14)6-11(15)13(19)16-5-3-2-4-10(16)7-12(17)18/h6,8,10H,2-5,7H2,1H3,(H,17,18). The molecule has 2 rings (SSSR count). The fraction of sp³-hybridized carbons (Fsp3) is 0.538. The molecule has 1 amide bonds. The number of hydrogen-bond donors (Lipinski definition) is 1. The summed E-state index contributed by atoms with van der Waals surface area (Å²) >= 11 is 3.35. The first-order chi connectivity index (χ1) is 8.99. The third-order valence-electron chi connectivity index (χ3n) is 3.49. The average molecular weight is 329 g/mol. The van der Waals surface area contributed by atoms with Gasteiger partial charge in [0.1, 0.15) is 5.69 Å². The summed E-state index contributed by atoms with van der Waals surface area (Å²) in [6.45, 7) is 0.638. The number of carbonyl (C=O) groups excluding carboxylic acids is 1. The first-order valence-corrected chi connectivity index (χ1v) is 7.13. The molecule has 2 heterocycles. The molecule has 1 aliphatic rings. The van der Waals surface area contributed by atoms with Crippen molar-refractivity contribution in [3.05, 3.63) is 22.4 Å². The Kier molecular flexibility index (Phi) is 4.29. The van der Waals surface area contributed by atoms with Crippen molar-refractivity contribution in [2.45, 2.75) is 31.7 Å². The lowest BCUT2D eigenvalue weighted by molar-refractivity contribution is -0.138. The minimum Gasteiger partial charge on any atom is -0.481 e. The first kappa shape index (κ1) is 14.1. The summed E-state index contributed by atoms with van der Waals surface area (Å²) in [6.07, 6.45) is 4.54. The normalized spacial score (nSPS) is 19.5. The maximum Gasteiger partial charge on any atom is 0.305 e. The molecule has 0 spiro atoms. The van der Waals surface area contributed by atoms with Gasteiger partial charge in [0.25, 0.3) is 5.91 Å². The number of amides is 1. The largest absolute Gasteiger partial charge is 0.481 e. The van der Waals surface area contributed by atoms with Gasteiger partial charge in [0.15, 0.2) is 0 Å². The first-order valence-electron chi connectivity index (χ1n) is 6.33. The van der Waals surface area contributed by atoms with Gasteiger partial charge >= 0.3 is 5.97 Å². The molecule has 0 radical (unpaired) electrons. The van der Waals surface area contributed by atoms with Crippen LogP contribution in [0.1, 0.15) is 36.2 Å². The molecule has 5 nitrogen and oxygen atoms in total. The molecule has 19 heavy (non-hydrogen) atoms. The van der Waals surface area contributed by atoms with Gasteiger partial charge in [-0.15, -0.1) is 0 Å². The Morgan fingerprint density at radius 1 is 1.47 bits per heavy atom. The highest BCUT2D eigenvalue weighted by molar-refractivity contribution is 9.10. The van der Waals surface area contributed by atoms with E-state index in [9.17, 15) is 9.59 Å². The third-order valence-corrected chi connectivity index (χ3v) is 3.92. The number of carboxylic acids is 1. The number of likely N-dealkylation sites (tertiary alicyclic amines) is 1. The monoisotopic (exact) mass is 328 g/mol. The van der Waals surface area contributed by atoms with Crippen molar-refractivity contribution in [2.24, 2.45) is 7.05 Å². The Bertz CT molecular complexity index is 498. The van der Waals surface area contributed by atoms with Crippen molar-refractivity contribution < 1.29 is 14.7 Å². The van der Waals surface area contributed by atoms with Crippen LogP contribution in [0.4, 0.5) is 0 Å². The van der Waals surface area contributed by atoms with Crippen LogP contribution in [0, 0.1) is 0 Å². The van der Waals surface area contributed by atoms with Gasteiger partial charge < -0.3 is 14.6 Å². The number of nitrogens with zero attached hydrogens (tertiary/aromatic N) is 2. The molecule has 0 aromatic carbocycles. The van der Waals surface area contributed by atoms with Crippen molar-refractivity contribution in [2.75, 3.05) is 6.54 Å². The lowest BCUT2D eigenvalue weighted by atomic mass is 9.99. The Hall–Kier alpha value is -1.30. The van der Waals surface area contributed by atoms with Crippen LogP contribution in [0.2, 0.25) is 0 Å². The quantitative estimate of drug-likeness (QED) is 0.925. The van der Waals surface area contributed by atoms with Crippen LogP contribution in [0.3, 0.4) is 0 Å². The molecule has 6 heteroatoms. The van der Waals surface area contributed by atoms with Gasteiger partial charge in [0.2, 0.25) is 0 Å². The highest BCUT2D eigenvalue weighted by atomic mass is 79.9. The number of piperidine rings is 1. The smallest absolute Gasteiger partial charge is 0.305 e. The number of aliphatic carboxylic acids is 1. The number of aryl methyl sites for hydroxylation is 1. The number of rotatable bonds is 3. The fourth-order valence-corrected chi connectivity index (χ4v) is 3.09. The molecule has 1 aromatic rings. The second kappa shape index (κ2) is 5.77. The van der Waals surface area contributed by atoms with Crippen molar-refractivity contribution in [3.63, 3.8) is 0 Å². The lowest BCUT2D eigenvalue weighted by Crippen LogP contribution is -2.45. The molecule has 1 fully saturated rings. The third kappa shape index (κ3) is 3.18. The zero-order valence-corrected chi connectivity index (χ0v) is 12.4. The van der Waals surface area contributed by atoms with E-state index in [1.54, 1.807) is 15.5 Å². The molecule has 104 valence electrons. The molecule has 0 saturated carbocycles. The second-order valence-electron chi connectivity index (χ2n) is 4.90. The number of hydrogen-bond acceptors (Lipinski definition) is 2. The summed E-state index contributed by atoms with van der Waals surface area (Å²) in [5.41, 5.74) is 0.587. The highest BCUT2D eigenvalue weighted by Crippen LogP contribution is 2.23. The number of carbonyl (C=O) groups is 2. The number of halogens is 1. The highest BCUT2D eigenvalue weighted by Gasteiger charge is 2.30. The van der Waals surface area contributed by atoms with Gasteiger partial charge in [-0.05, 0) is 41.3 Å². The Morgan fingerprint density at radius 3 is 2.79 bits per heavy atom. The van der Waals surface area contributed by atoms with E-state index in [4.69, 9.17) is 5.11 Å². The minimum absolute atomic E-state index is 0.0251. The molecular weight excluding hydrogens is 312 g/mol. The zero-order valence-electron chi connectivity index (χ0n) is 10.8. The van der Waals surface area contributed by atoms with Crippen molar-refractivity contribution in [1.82, 2.24) is 9.47 Å². The summed E-state index contributed by atoms with van der Waals surface area (Å²) in [5.74, 6) is -0.933. The van der Waals surface area contributed by atoms with E-state index in [1.165, 1.54) is 0 Å². The predicted molar refractivity (Wildman–Crippen MR) is 74.0 cm³/mol. The average Bonchev–Trinajstić information content (AvgIpc) is 2.67. The SMILES string of the molecule is Cn1cc(Br)cc1C(=O)N1CCCCC1CC(=O)O. The second-order valence-corrected chi connectivity index (χ2v) is 5.82. The van der Waals surface area contributed by atoms with E-state index < -0.39 is 5.97 Å². The molecule has 1 aromatic heterocycles. The van der Waals surface area contributed by atoms with Crippen molar-refractivity contribution >= 4 is 27.8 Å². The van der Waals surface area contributed by atoms with Gasteiger partial charge in [0.05, 0.1) is 6.42 Å². The minimum atomic E-state index is -0.849. The van der Waals surface area contributed by atoms with E-state index in [2.05, 4.69) is 15.9 Å². The van der Waals surface area contributed by atoms with Crippen LogP contribution >= 0.6 is 15.9 Å². The van der Waals surface area contributed by atoms with Crippen molar-refractivity contribution in [1.29, 1.82) is 0 Å². The molecule has 1 unspecified atom stereocenters. The number of carboxylic acid groups (broad SMARTS) is 1. The van der Waals surface area contributed by atoms with E-state index in [-0.39, 0.29) is 18.4 Å². The molecule has 1 aliphatic heterocycles. The lowest BCUT2D eigenvalue weighted by Gasteiger charge is -2.35. The van der Waals surface area contributed by atoms with Gasteiger partial charge in [0, 0.05) is 30.3 Å². The van der Waals surface area contributed by atoms with Crippen LogP contribution in [-0.2, 0) is 11.8 Å². The van der Waals surface area contributed by atoms with Gasteiger partial charge in [-0.3, -0.25) is 9.59 Å². The summed E-state index contributed by atoms with van der Waals surface area (Å²) in [6, 6.07) is 1.59. The summed E-state index contributed by atoms with van der Waals surface area (Å²) in [5, 5.41) is 8.94. The Balaban J connectivity index is 2.19. The van der Waals surface area contributed by atoms with Crippen LogP contribution in [0.15, 0.2) is 16.7 Å². The van der Waals surface area contributed by atoms with E-state index >= 15 is 0 Å². The van der Waals surface area contributed by atoms with Gasteiger partial charge in [-0.2, -0.15) is 0 Å². The predicted octanol–water partition coefficient (Wildman–Crippen LogP) is 2.26. The maximum absolute atomic E-state index is 12.5. The Morgan fingerprint density at radius 2 is 2.21 bits per heavy atom. The van der Waals surface area contributed by atoms with Crippen LogP contribution < -0.4 is 0 Å². The van der Waals surface area contributed by atoms with E-state index in [0.29, 0.717) is 12.2 Å². The summed E-state index contributed by atoms with van der Waals surface area (Å²) in [7, 11) is 1.81. The van der Waals surface area contributed by atoms with Crippen LogP contribution in [-0.4, -0.2) is 39.0 Å². The zero-order chi connectivity index (χ0) is 14.0. The Labute approximate surface area is 120 Å². The molecule has 1 atom stereocenters. The molecule has 0 aliphatic carbocycles. The van der Waals surface area contributed by atoms with Crippen LogP contribution in [0.5, 0.6) is 0 Å².